The van der Waals surface area contributed by atoms with E-state index in [2.05, 4.69) is 20.6 Å². The number of primary amides is 1. The van der Waals surface area contributed by atoms with Gasteiger partial charge >= 0.3 is 0 Å². The van der Waals surface area contributed by atoms with E-state index >= 15 is 0 Å². The highest BCUT2D eigenvalue weighted by Gasteiger charge is 2.19. The van der Waals surface area contributed by atoms with Crippen molar-refractivity contribution in [2.75, 3.05) is 10.6 Å². The largest absolute Gasteiger partial charge is 0.364 e. The van der Waals surface area contributed by atoms with Crippen LogP contribution in [0.2, 0.25) is 0 Å². The van der Waals surface area contributed by atoms with Crippen molar-refractivity contribution >= 4 is 56.0 Å². The maximum absolute atomic E-state index is 12.8. The highest BCUT2D eigenvalue weighted by Crippen LogP contribution is 2.31. The molecule has 4 rings (SSSR count). The van der Waals surface area contributed by atoms with Crippen molar-refractivity contribution in [3.05, 3.63) is 108 Å². The van der Waals surface area contributed by atoms with Gasteiger partial charge in [-0.15, -0.1) is 0 Å². The summed E-state index contributed by atoms with van der Waals surface area (Å²) in [6.45, 7) is 2.46. The number of fused-ring (bicyclic) bond motifs is 1. The lowest BCUT2D eigenvalue weighted by Gasteiger charge is -2.05. The van der Waals surface area contributed by atoms with Crippen LogP contribution in [0.4, 0.5) is 15.8 Å². The second-order valence-electron chi connectivity index (χ2n) is 7.80. The Kier molecular flexibility index (Phi) is 8.00. The van der Waals surface area contributed by atoms with E-state index in [1.54, 1.807) is 18.3 Å². The highest BCUT2D eigenvalue weighted by atomic mass is 32.1. The molecule has 8 heteroatoms. The van der Waals surface area contributed by atoms with Crippen LogP contribution in [0.15, 0.2) is 96.0 Å². The zero-order valence-electron chi connectivity index (χ0n) is 19.6. The average Bonchev–Trinajstić information content (AvgIpc) is 3.28. The second-order valence-corrected chi connectivity index (χ2v) is 8.80. The molecule has 4 N–H and O–H groups in total. The van der Waals surface area contributed by atoms with Crippen LogP contribution < -0.4 is 16.4 Å². The van der Waals surface area contributed by atoms with E-state index in [1.165, 1.54) is 0 Å². The molecule has 0 fully saturated rings. The number of nitrogens with two attached hydrogens (primary N) is 1. The Labute approximate surface area is 213 Å². The number of hydrogen-bond acceptors (Lipinski definition) is 6. The average molecular weight is 496 g/mol. The van der Waals surface area contributed by atoms with Crippen LogP contribution in [-0.4, -0.2) is 23.0 Å². The van der Waals surface area contributed by atoms with E-state index in [-0.39, 0.29) is 16.6 Å². The molecular weight excluding hydrogens is 470 g/mol. The molecule has 0 saturated carbocycles. The maximum Gasteiger partial charge on any atom is 0.270 e. The molecule has 36 heavy (non-hydrogen) atoms. The highest BCUT2D eigenvalue weighted by molar-refractivity contribution is 7.20. The Morgan fingerprint density at radius 1 is 1.00 bits per heavy atom. The Balaban J connectivity index is 1.44. The molecule has 180 valence electrons. The zero-order valence-corrected chi connectivity index (χ0v) is 20.5. The number of nitrogens with zero attached hydrogens (tertiary/aromatic N) is 2. The minimum absolute atomic E-state index is 0.00793. The second kappa shape index (κ2) is 11.7. The lowest BCUT2D eigenvalue weighted by atomic mass is 10.1. The number of hydrogen-bond donors (Lipinski definition) is 3. The van der Waals surface area contributed by atoms with Crippen molar-refractivity contribution in [1.29, 1.82) is 0 Å². The molecule has 0 aliphatic carbocycles. The zero-order chi connectivity index (χ0) is 25.3. The maximum atomic E-state index is 12.8. The third-order valence-electron chi connectivity index (χ3n) is 5.18. The molecule has 0 aliphatic heterocycles. The molecule has 0 atom stereocenters. The molecule has 1 heterocycles. The quantitative estimate of drug-likeness (QED) is 0.193. The van der Waals surface area contributed by atoms with Crippen molar-refractivity contribution in [2.45, 2.75) is 13.5 Å². The van der Waals surface area contributed by atoms with E-state index < -0.39 is 5.91 Å². The summed E-state index contributed by atoms with van der Waals surface area (Å²) in [5.41, 5.74) is 7.76. The van der Waals surface area contributed by atoms with Gasteiger partial charge in [0.25, 0.3) is 11.8 Å². The first-order valence-corrected chi connectivity index (χ1v) is 12.1. The van der Waals surface area contributed by atoms with E-state index in [0.29, 0.717) is 17.2 Å². The number of rotatable bonds is 9. The third-order valence-corrected chi connectivity index (χ3v) is 6.07. The van der Waals surface area contributed by atoms with Gasteiger partial charge in [0.2, 0.25) is 0 Å². The molecule has 3 aromatic carbocycles. The number of amides is 2. The number of nitrogens with one attached hydrogen (secondary N) is 2. The van der Waals surface area contributed by atoms with E-state index in [4.69, 9.17) is 5.73 Å². The fourth-order valence-corrected chi connectivity index (χ4v) is 4.28. The van der Waals surface area contributed by atoms with Crippen molar-refractivity contribution < 1.29 is 9.59 Å². The monoisotopic (exact) mass is 495 g/mol. The Bertz CT molecular complexity index is 1470. The van der Waals surface area contributed by atoms with Crippen molar-refractivity contribution in [2.24, 2.45) is 10.7 Å². The van der Waals surface area contributed by atoms with Gasteiger partial charge in [0.1, 0.15) is 5.00 Å². The fourth-order valence-electron chi connectivity index (χ4n) is 3.40. The van der Waals surface area contributed by atoms with Gasteiger partial charge in [-0.2, -0.15) is 0 Å². The summed E-state index contributed by atoms with van der Waals surface area (Å²) in [7, 11) is 0. The van der Waals surface area contributed by atoms with Gasteiger partial charge < -0.3 is 16.4 Å². The SMILES string of the molecule is CC=CC=CC=NCc1ccc(C(=O)Nc2sc(Nc3ccc4ccccc4c3)nc2C(N)=O)cc1. The summed E-state index contributed by atoms with van der Waals surface area (Å²) in [4.78, 5) is 33.4. The van der Waals surface area contributed by atoms with Crippen molar-refractivity contribution in [3.63, 3.8) is 0 Å². The molecule has 4 aromatic rings. The first-order valence-electron chi connectivity index (χ1n) is 11.3. The van der Waals surface area contributed by atoms with Crippen LogP contribution in [0, 0.1) is 0 Å². The number of aromatic nitrogens is 1. The van der Waals surface area contributed by atoms with Gasteiger partial charge in [0.15, 0.2) is 10.8 Å². The molecule has 2 amide bonds. The van der Waals surface area contributed by atoms with Gasteiger partial charge in [-0.25, -0.2) is 4.98 Å². The molecule has 0 aliphatic rings. The number of benzene rings is 3. The standard InChI is InChI=1S/C28H25N5O2S/c1-2-3-4-7-16-30-18-19-10-12-21(13-11-19)26(35)33-27-24(25(29)34)32-28(36-27)31-23-15-14-20-8-5-6-9-22(20)17-23/h2-17H,18H2,1H3,(H2,29,34)(H,31,32)(H,33,35). The number of carbonyl (C=O) groups is 2. The number of carbonyl (C=O) groups excluding carboxylic acids is 2. The van der Waals surface area contributed by atoms with E-state index in [1.807, 2.05) is 85.8 Å². The summed E-state index contributed by atoms with van der Waals surface area (Å²) in [5, 5.41) is 8.89. The molecular formula is C28H25N5O2S. The predicted molar refractivity (Wildman–Crippen MR) is 148 cm³/mol. The molecule has 0 bridgehead atoms. The molecule has 0 unspecified atom stereocenters. The van der Waals surface area contributed by atoms with Crippen LogP contribution in [0.5, 0.6) is 0 Å². The minimum atomic E-state index is -0.718. The molecule has 0 spiro atoms. The minimum Gasteiger partial charge on any atom is -0.364 e. The van der Waals surface area contributed by atoms with Crippen LogP contribution in [0.3, 0.4) is 0 Å². The lowest BCUT2D eigenvalue weighted by molar-refractivity contribution is 0.0997. The van der Waals surface area contributed by atoms with Gasteiger partial charge in [-0.05, 0) is 53.6 Å². The smallest absolute Gasteiger partial charge is 0.270 e. The van der Waals surface area contributed by atoms with Crippen LogP contribution in [-0.2, 0) is 6.54 Å². The molecule has 0 radical (unpaired) electrons. The van der Waals surface area contributed by atoms with Crippen LogP contribution in [0.25, 0.3) is 10.8 Å². The molecule has 1 aromatic heterocycles. The Morgan fingerprint density at radius 2 is 1.78 bits per heavy atom. The van der Waals surface area contributed by atoms with Crippen molar-refractivity contribution in [3.8, 4) is 0 Å². The first kappa shape index (κ1) is 24.6. The summed E-state index contributed by atoms with van der Waals surface area (Å²) in [6.07, 6.45) is 9.36. The number of thiazole rings is 1. The normalized spacial score (nSPS) is 11.6. The first-order chi connectivity index (χ1) is 17.5. The van der Waals surface area contributed by atoms with E-state index in [0.717, 1.165) is 33.4 Å². The number of allylic oxidation sites excluding steroid dienone is 4. The summed E-state index contributed by atoms with van der Waals surface area (Å²) < 4.78 is 0. The number of aliphatic imine (C=N–C) groups is 1. The van der Waals surface area contributed by atoms with Crippen LogP contribution in [0.1, 0.15) is 33.3 Å². The van der Waals surface area contributed by atoms with Crippen LogP contribution >= 0.6 is 11.3 Å². The van der Waals surface area contributed by atoms with Gasteiger partial charge in [-0.1, -0.05) is 72.0 Å². The third kappa shape index (κ3) is 6.31. The Morgan fingerprint density at radius 3 is 2.53 bits per heavy atom. The molecule has 7 nitrogen and oxygen atoms in total. The summed E-state index contributed by atoms with van der Waals surface area (Å²) >= 11 is 1.15. The van der Waals surface area contributed by atoms with Crippen molar-refractivity contribution in [1.82, 2.24) is 4.98 Å². The molecule has 0 saturated heterocycles. The summed E-state index contributed by atoms with van der Waals surface area (Å²) in [6, 6.07) is 21.0. The Hall–Kier alpha value is -4.56. The summed E-state index contributed by atoms with van der Waals surface area (Å²) in [5.74, 6) is -1.08. The van der Waals surface area contributed by atoms with Gasteiger partial charge in [-0.3, -0.25) is 14.6 Å². The topological polar surface area (TPSA) is 109 Å². The fraction of sp³-hybridized carbons (Fsp3) is 0.0714. The predicted octanol–water partition coefficient (Wildman–Crippen LogP) is 6.09. The number of anilines is 3. The van der Waals surface area contributed by atoms with E-state index in [9.17, 15) is 9.59 Å². The van der Waals surface area contributed by atoms with Gasteiger partial charge in [0, 0.05) is 17.5 Å². The van der Waals surface area contributed by atoms with Gasteiger partial charge in [0.05, 0.1) is 6.54 Å². The lowest BCUT2D eigenvalue weighted by Crippen LogP contribution is -2.17.